The Morgan fingerprint density at radius 3 is 2.53 bits per heavy atom. The first kappa shape index (κ1) is 15.6. The fraction of sp³-hybridized carbons (Fsp3) is 0.500. The Labute approximate surface area is 111 Å². The van der Waals surface area contributed by atoms with E-state index in [1.807, 2.05) is 0 Å². The minimum absolute atomic E-state index is 0.0494. The number of aliphatic hydroxyl groups is 1. The third kappa shape index (κ3) is 6.29. The Hall–Kier alpha value is -1.49. The van der Waals surface area contributed by atoms with Crippen molar-refractivity contribution >= 4 is 5.91 Å². The van der Waals surface area contributed by atoms with Gasteiger partial charge in [-0.1, -0.05) is 18.9 Å². The van der Waals surface area contributed by atoms with E-state index >= 15 is 0 Å². The largest absolute Gasteiger partial charge is 0.396 e. The first-order valence-electron chi connectivity index (χ1n) is 6.45. The van der Waals surface area contributed by atoms with Crippen molar-refractivity contribution in [1.29, 1.82) is 0 Å². The van der Waals surface area contributed by atoms with E-state index in [0.29, 0.717) is 12.1 Å². The fourth-order valence-electron chi connectivity index (χ4n) is 1.72. The molecular weight excluding hydrogens is 252 g/mol. The van der Waals surface area contributed by atoms with Gasteiger partial charge in [0.1, 0.15) is 0 Å². The van der Waals surface area contributed by atoms with Gasteiger partial charge in [-0.15, -0.1) is 0 Å². The molecule has 1 aromatic carbocycles. The molecule has 0 fully saturated rings. The van der Waals surface area contributed by atoms with E-state index in [1.54, 1.807) is 0 Å². The third-order valence-electron chi connectivity index (χ3n) is 2.76. The van der Waals surface area contributed by atoms with Crippen LogP contribution in [0.5, 0.6) is 0 Å². The Bertz CT molecular complexity index is 410. The molecule has 1 aromatic rings. The summed E-state index contributed by atoms with van der Waals surface area (Å²) in [6, 6.07) is 3.46. The van der Waals surface area contributed by atoms with Crippen LogP contribution in [-0.4, -0.2) is 24.2 Å². The number of carbonyl (C=O) groups is 1. The summed E-state index contributed by atoms with van der Waals surface area (Å²) in [6.45, 7) is 0.760. The van der Waals surface area contributed by atoms with Gasteiger partial charge in [-0.05, 0) is 30.5 Å². The van der Waals surface area contributed by atoms with E-state index in [4.69, 9.17) is 5.11 Å². The van der Waals surface area contributed by atoms with E-state index in [0.717, 1.165) is 37.8 Å². The van der Waals surface area contributed by atoms with Crippen molar-refractivity contribution in [2.45, 2.75) is 32.1 Å². The van der Waals surface area contributed by atoms with Gasteiger partial charge in [0.15, 0.2) is 11.6 Å². The van der Waals surface area contributed by atoms with Gasteiger partial charge in [0, 0.05) is 13.2 Å². The SMILES string of the molecule is O=C(Cc1ccc(F)c(F)c1)NCCCCCCO. The van der Waals surface area contributed by atoms with Gasteiger partial charge in [0.2, 0.25) is 5.91 Å². The lowest BCUT2D eigenvalue weighted by Crippen LogP contribution is -2.26. The van der Waals surface area contributed by atoms with Crippen molar-refractivity contribution in [2.75, 3.05) is 13.2 Å². The van der Waals surface area contributed by atoms with Crippen LogP contribution in [0.15, 0.2) is 18.2 Å². The van der Waals surface area contributed by atoms with Gasteiger partial charge < -0.3 is 10.4 Å². The van der Waals surface area contributed by atoms with Crippen LogP contribution in [0.25, 0.3) is 0 Å². The highest BCUT2D eigenvalue weighted by molar-refractivity contribution is 5.78. The highest BCUT2D eigenvalue weighted by Gasteiger charge is 2.06. The molecule has 2 N–H and O–H groups in total. The predicted molar refractivity (Wildman–Crippen MR) is 68.6 cm³/mol. The fourth-order valence-corrected chi connectivity index (χ4v) is 1.72. The molecule has 0 bridgehead atoms. The second kappa shape index (κ2) is 8.58. The first-order chi connectivity index (χ1) is 9.13. The molecule has 0 saturated carbocycles. The van der Waals surface area contributed by atoms with E-state index in [9.17, 15) is 13.6 Å². The van der Waals surface area contributed by atoms with Gasteiger partial charge in [-0.25, -0.2) is 8.78 Å². The van der Waals surface area contributed by atoms with Crippen molar-refractivity contribution < 1.29 is 18.7 Å². The summed E-state index contributed by atoms with van der Waals surface area (Å²) in [5.74, 6) is -2.05. The molecule has 1 rings (SSSR count). The number of hydrogen-bond acceptors (Lipinski definition) is 2. The number of amides is 1. The van der Waals surface area contributed by atoms with Crippen molar-refractivity contribution in [3.8, 4) is 0 Å². The zero-order chi connectivity index (χ0) is 14.1. The molecule has 0 aliphatic heterocycles. The minimum Gasteiger partial charge on any atom is -0.396 e. The maximum atomic E-state index is 12.9. The summed E-state index contributed by atoms with van der Waals surface area (Å²) in [4.78, 5) is 11.5. The number of nitrogens with one attached hydrogen (secondary N) is 1. The van der Waals surface area contributed by atoms with Gasteiger partial charge in [0.25, 0.3) is 0 Å². The molecule has 0 radical (unpaired) electrons. The number of hydrogen-bond donors (Lipinski definition) is 2. The molecule has 0 aliphatic rings. The number of rotatable bonds is 8. The van der Waals surface area contributed by atoms with Gasteiger partial charge in [-0.3, -0.25) is 4.79 Å². The normalized spacial score (nSPS) is 10.5. The standard InChI is InChI=1S/C14H19F2NO2/c15-12-6-5-11(9-13(12)16)10-14(19)17-7-3-1-2-4-8-18/h5-6,9,18H,1-4,7-8,10H2,(H,17,19). The summed E-state index contributed by atoms with van der Waals surface area (Å²) in [7, 11) is 0. The molecule has 106 valence electrons. The predicted octanol–water partition coefficient (Wildman–Crippen LogP) is 2.18. The maximum absolute atomic E-state index is 12.9. The molecular formula is C14H19F2NO2. The van der Waals surface area contributed by atoms with Gasteiger partial charge in [-0.2, -0.15) is 0 Å². The lowest BCUT2D eigenvalue weighted by molar-refractivity contribution is -0.120. The molecule has 0 atom stereocenters. The maximum Gasteiger partial charge on any atom is 0.224 e. The van der Waals surface area contributed by atoms with Crippen LogP contribution in [-0.2, 0) is 11.2 Å². The number of carbonyl (C=O) groups excluding carboxylic acids is 1. The Morgan fingerprint density at radius 1 is 1.11 bits per heavy atom. The first-order valence-corrected chi connectivity index (χ1v) is 6.45. The third-order valence-corrected chi connectivity index (χ3v) is 2.76. The molecule has 0 unspecified atom stereocenters. The van der Waals surface area contributed by atoms with Crippen LogP contribution >= 0.6 is 0 Å². The average molecular weight is 271 g/mol. The van der Waals surface area contributed by atoms with Gasteiger partial charge in [0.05, 0.1) is 6.42 Å². The quantitative estimate of drug-likeness (QED) is 0.712. The van der Waals surface area contributed by atoms with E-state index in [-0.39, 0.29) is 18.9 Å². The number of aliphatic hydroxyl groups excluding tert-OH is 1. The molecule has 0 spiro atoms. The Balaban J connectivity index is 2.21. The van der Waals surface area contributed by atoms with Crippen molar-refractivity contribution in [1.82, 2.24) is 5.32 Å². The monoisotopic (exact) mass is 271 g/mol. The highest BCUT2D eigenvalue weighted by atomic mass is 19.2. The number of benzene rings is 1. The summed E-state index contributed by atoms with van der Waals surface area (Å²) in [5, 5.41) is 11.3. The number of unbranched alkanes of at least 4 members (excludes halogenated alkanes) is 3. The number of halogens is 2. The van der Waals surface area contributed by atoms with Crippen molar-refractivity contribution in [2.24, 2.45) is 0 Å². The molecule has 19 heavy (non-hydrogen) atoms. The molecule has 3 nitrogen and oxygen atoms in total. The van der Waals surface area contributed by atoms with E-state index in [2.05, 4.69) is 5.32 Å². The lowest BCUT2D eigenvalue weighted by atomic mass is 10.1. The molecule has 5 heteroatoms. The topological polar surface area (TPSA) is 49.3 Å². The average Bonchev–Trinajstić information content (AvgIpc) is 2.38. The minimum atomic E-state index is -0.936. The molecule has 0 aromatic heterocycles. The van der Waals surface area contributed by atoms with Crippen molar-refractivity contribution in [3.63, 3.8) is 0 Å². The Morgan fingerprint density at radius 2 is 1.84 bits per heavy atom. The summed E-state index contributed by atoms with van der Waals surface area (Å²) < 4.78 is 25.6. The molecule has 0 saturated heterocycles. The van der Waals surface area contributed by atoms with Crippen LogP contribution in [0, 0.1) is 11.6 Å². The summed E-state index contributed by atoms with van der Waals surface area (Å²) >= 11 is 0. The van der Waals surface area contributed by atoms with Crippen molar-refractivity contribution in [3.05, 3.63) is 35.4 Å². The van der Waals surface area contributed by atoms with E-state index in [1.165, 1.54) is 6.07 Å². The molecule has 0 aliphatic carbocycles. The molecule has 1 amide bonds. The summed E-state index contributed by atoms with van der Waals surface area (Å²) in [6.07, 6.45) is 3.57. The second-order valence-electron chi connectivity index (χ2n) is 4.41. The van der Waals surface area contributed by atoms with Crippen LogP contribution in [0.1, 0.15) is 31.2 Å². The Kier molecular flexibility index (Phi) is 7.03. The highest BCUT2D eigenvalue weighted by Crippen LogP contribution is 2.09. The van der Waals surface area contributed by atoms with E-state index < -0.39 is 11.6 Å². The van der Waals surface area contributed by atoms with Crippen LogP contribution < -0.4 is 5.32 Å². The zero-order valence-corrected chi connectivity index (χ0v) is 10.8. The second-order valence-corrected chi connectivity index (χ2v) is 4.41. The van der Waals surface area contributed by atoms with Gasteiger partial charge >= 0.3 is 0 Å². The van der Waals surface area contributed by atoms with Crippen LogP contribution in [0.3, 0.4) is 0 Å². The van der Waals surface area contributed by atoms with Crippen LogP contribution in [0.4, 0.5) is 8.78 Å². The summed E-state index contributed by atoms with van der Waals surface area (Å²) in [5.41, 5.74) is 0.455. The lowest BCUT2D eigenvalue weighted by Gasteiger charge is -2.05. The molecule has 0 heterocycles. The smallest absolute Gasteiger partial charge is 0.224 e. The van der Waals surface area contributed by atoms with Crippen LogP contribution in [0.2, 0.25) is 0 Å². The zero-order valence-electron chi connectivity index (χ0n) is 10.8.